The van der Waals surface area contributed by atoms with Crippen molar-refractivity contribution in [2.45, 2.75) is 18.9 Å². The van der Waals surface area contributed by atoms with Crippen LogP contribution in [0.15, 0.2) is 48.5 Å². The van der Waals surface area contributed by atoms with Crippen LogP contribution in [0.5, 0.6) is 0 Å². The van der Waals surface area contributed by atoms with E-state index in [1.807, 2.05) is 30.3 Å². The van der Waals surface area contributed by atoms with Crippen molar-refractivity contribution in [2.24, 2.45) is 5.73 Å². The molecule has 1 atom stereocenters. The van der Waals surface area contributed by atoms with E-state index in [0.717, 1.165) is 5.56 Å². The molecule has 2 aromatic carbocycles. The van der Waals surface area contributed by atoms with Crippen molar-refractivity contribution in [3.63, 3.8) is 0 Å². The predicted molar refractivity (Wildman–Crippen MR) is 78.1 cm³/mol. The molecule has 0 amide bonds. The van der Waals surface area contributed by atoms with Crippen LogP contribution in [0.4, 0.5) is 4.39 Å². The van der Waals surface area contributed by atoms with Gasteiger partial charge in [-0.25, -0.2) is 4.39 Å². The van der Waals surface area contributed by atoms with Gasteiger partial charge in [-0.1, -0.05) is 48.0 Å². The second-order valence-electron chi connectivity index (χ2n) is 4.67. The Morgan fingerprint density at radius 2 is 1.90 bits per heavy atom. The molecule has 0 saturated heterocycles. The van der Waals surface area contributed by atoms with Gasteiger partial charge in [-0.15, -0.1) is 0 Å². The molecule has 0 spiro atoms. The number of halogens is 2. The van der Waals surface area contributed by atoms with Gasteiger partial charge < -0.3 is 5.73 Å². The number of hydrogen-bond donors (Lipinski definition) is 1. The highest BCUT2D eigenvalue weighted by Crippen LogP contribution is 2.18. The standard InChI is InChI=1S/C16H15ClFNO/c17-13-7-6-12(15(18)9-13)8-14(20)10-16(19)11-4-2-1-3-5-11/h1-7,9,16H,8,10,19H2. The molecule has 0 fully saturated rings. The van der Waals surface area contributed by atoms with E-state index in [0.29, 0.717) is 10.6 Å². The first-order valence-electron chi connectivity index (χ1n) is 6.32. The fourth-order valence-electron chi connectivity index (χ4n) is 2.01. The van der Waals surface area contributed by atoms with Gasteiger partial charge in [0.05, 0.1) is 0 Å². The molecule has 2 nitrogen and oxygen atoms in total. The molecule has 2 rings (SSSR count). The average Bonchev–Trinajstić information content (AvgIpc) is 2.43. The highest BCUT2D eigenvalue weighted by atomic mass is 35.5. The summed E-state index contributed by atoms with van der Waals surface area (Å²) >= 11 is 5.67. The van der Waals surface area contributed by atoms with Crippen LogP contribution in [-0.4, -0.2) is 5.78 Å². The Hall–Kier alpha value is -1.71. The lowest BCUT2D eigenvalue weighted by atomic mass is 9.98. The maximum Gasteiger partial charge on any atom is 0.139 e. The summed E-state index contributed by atoms with van der Waals surface area (Å²) in [7, 11) is 0. The molecule has 20 heavy (non-hydrogen) atoms. The second kappa shape index (κ2) is 6.64. The summed E-state index contributed by atoms with van der Waals surface area (Å²) in [6.45, 7) is 0. The number of benzene rings is 2. The summed E-state index contributed by atoms with van der Waals surface area (Å²) < 4.78 is 13.6. The van der Waals surface area contributed by atoms with E-state index in [4.69, 9.17) is 17.3 Å². The van der Waals surface area contributed by atoms with E-state index in [1.165, 1.54) is 12.1 Å². The zero-order valence-corrected chi connectivity index (χ0v) is 11.6. The summed E-state index contributed by atoms with van der Waals surface area (Å²) in [6.07, 6.45) is 0.218. The molecule has 104 valence electrons. The van der Waals surface area contributed by atoms with Crippen LogP contribution in [0.3, 0.4) is 0 Å². The topological polar surface area (TPSA) is 43.1 Å². The van der Waals surface area contributed by atoms with Gasteiger partial charge in [0.2, 0.25) is 0 Å². The van der Waals surface area contributed by atoms with Crippen LogP contribution in [0, 0.1) is 5.82 Å². The number of Topliss-reactive ketones (excluding diaryl/α,β-unsaturated/α-hetero) is 1. The van der Waals surface area contributed by atoms with E-state index in [-0.39, 0.29) is 24.7 Å². The molecule has 0 heterocycles. The van der Waals surface area contributed by atoms with Gasteiger partial charge in [0.1, 0.15) is 11.6 Å². The van der Waals surface area contributed by atoms with Crippen LogP contribution in [-0.2, 0) is 11.2 Å². The molecular weight excluding hydrogens is 277 g/mol. The highest BCUT2D eigenvalue weighted by molar-refractivity contribution is 6.30. The fraction of sp³-hybridized carbons (Fsp3) is 0.188. The smallest absolute Gasteiger partial charge is 0.139 e. The molecule has 0 aliphatic carbocycles. The third-order valence-corrected chi connectivity index (χ3v) is 3.31. The summed E-state index contributed by atoms with van der Waals surface area (Å²) in [6, 6.07) is 13.3. The van der Waals surface area contributed by atoms with Gasteiger partial charge in [-0.2, -0.15) is 0 Å². The third-order valence-electron chi connectivity index (χ3n) is 3.08. The van der Waals surface area contributed by atoms with Crippen LogP contribution >= 0.6 is 11.6 Å². The van der Waals surface area contributed by atoms with Crippen LogP contribution in [0.25, 0.3) is 0 Å². The first-order valence-corrected chi connectivity index (χ1v) is 6.70. The largest absolute Gasteiger partial charge is 0.324 e. The van der Waals surface area contributed by atoms with Crippen molar-refractivity contribution >= 4 is 17.4 Å². The molecule has 1 unspecified atom stereocenters. The second-order valence-corrected chi connectivity index (χ2v) is 5.11. The molecule has 2 N–H and O–H groups in total. The van der Waals surface area contributed by atoms with Crippen LogP contribution in [0.2, 0.25) is 5.02 Å². The molecule has 0 radical (unpaired) electrons. The number of ketones is 1. The summed E-state index contributed by atoms with van der Waals surface area (Å²) in [4.78, 5) is 12.0. The third kappa shape index (κ3) is 3.89. The van der Waals surface area contributed by atoms with Crippen LogP contribution < -0.4 is 5.73 Å². The van der Waals surface area contributed by atoms with Crippen molar-refractivity contribution in [2.75, 3.05) is 0 Å². The SMILES string of the molecule is NC(CC(=O)Cc1ccc(Cl)cc1F)c1ccccc1. The first-order chi connectivity index (χ1) is 9.56. The quantitative estimate of drug-likeness (QED) is 0.913. The molecular formula is C16H15ClFNO. The van der Waals surface area contributed by atoms with Crippen molar-refractivity contribution in [3.8, 4) is 0 Å². The maximum atomic E-state index is 13.6. The lowest BCUT2D eigenvalue weighted by Crippen LogP contribution is -2.17. The van der Waals surface area contributed by atoms with Crippen molar-refractivity contribution in [1.82, 2.24) is 0 Å². The van der Waals surface area contributed by atoms with Gasteiger partial charge >= 0.3 is 0 Å². The van der Waals surface area contributed by atoms with Crippen molar-refractivity contribution < 1.29 is 9.18 Å². The Morgan fingerprint density at radius 1 is 1.20 bits per heavy atom. The normalized spacial score (nSPS) is 12.2. The van der Waals surface area contributed by atoms with Crippen molar-refractivity contribution in [3.05, 3.63) is 70.5 Å². The molecule has 0 aliphatic rings. The predicted octanol–water partition coefficient (Wildman–Crippen LogP) is 3.68. The lowest BCUT2D eigenvalue weighted by Gasteiger charge is -2.11. The minimum atomic E-state index is -0.459. The fourth-order valence-corrected chi connectivity index (χ4v) is 2.17. The van der Waals surface area contributed by atoms with Gasteiger partial charge in [0.25, 0.3) is 0 Å². The van der Waals surface area contributed by atoms with Gasteiger partial charge in [0.15, 0.2) is 0 Å². The molecule has 4 heteroatoms. The number of nitrogens with two attached hydrogens (primary N) is 1. The van der Waals surface area contributed by atoms with Crippen LogP contribution in [0.1, 0.15) is 23.6 Å². The minimum absolute atomic E-state index is 0.0313. The van der Waals surface area contributed by atoms with E-state index in [2.05, 4.69) is 0 Å². The summed E-state index contributed by atoms with van der Waals surface area (Å²) in [5, 5.41) is 0.319. The zero-order chi connectivity index (χ0) is 14.5. The molecule has 2 aromatic rings. The van der Waals surface area contributed by atoms with E-state index in [9.17, 15) is 9.18 Å². The van der Waals surface area contributed by atoms with Gasteiger partial charge in [-0.3, -0.25) is 4.79 Å². The highest BCUT2D eigenvalue weighted by Gasteiger charge is 2.14. The molecule has 0 bridgehead atoms. The maximum absolute atomic E-state index is 13.6. The molecule has 0 aliphatic heterocycles. The Morgan fingerprint density at radius 3 is 2.55 bits per heavy atom. The van der Waals surface area contributed by atoms with E-state index < -0.39 is 5.82 Å². The zero-order valence-electron chi connectivity index (χ0n) is 10.9. The van der Waals surface area contributed by atoms with E-state index >= 15 is 0 Å². The molecule has 0 aromatic heterocycles. The van der Waals surface area contributed by atoms with Crippen molar-refractivity contribution in [1.29, 1.82) is 0 Å². The van der Waals surface area contributed by atoms with E-state index in [1.54, 1.807) is 6.07 Å². The van der Waals surface area contributed by atoms with Gasteiger partial charge in [-0.05, 0) is 23.3 Å². The summed E-state index contributed by atoms with van der Waals surface area (Å²) in [5.41, 5.74) is 7.22. The Labute approximate surface area is 122 Å². The first kappa shape index (κ1) is 14.7. The number of carbonyl (C=O) groups excluding carboxylic acids is 1. The molecule has 0 saturated carbocycles. The number of carbonyl (C=O) groups is 1. The number of hydrogen-bond acceptors (Lipinski definition) is 2. The average molecular weight is 292 g/mol. The monoisotopic (exact) mass is 291 g/mol. The number of rotatable bonds is 5. The minimum Gasteiger partial charge on any atom is -0.324 e. The Balaban J connectivity index is 1.99. The Bertz CT molecular complexity index is 601. The lowest BCUT2D eigenvalue weighted by molar-refractivity contribution is -0.118. The summed E-state index contributed by atoms with van der Waals surface area (Å²) in [5.74, 6) is -0.554. The van der Waals surface area contributed by atoms with Gasteiger partial charge in [0, 0.05) is 23.9 Å². The Kier molecular flexibility index (Phi) is 4.88.